The summed E-state index contributed by atoms with van der Waals surface area (Å²) in [6, 6.07) is -0.0980. The Kier molecular flexibility index (Phi) is 8.70. The Balaban J connectivity index is 2.82. The molecule has 136 valence electrons. The molecule has 1 aromatic heterocycles. The Labute approximate surface area is 147 Å². The minimum Gasteiger partial charge on any atom is -0.462 e. The summed E-state index contributed by atoms with van der Waals surface area (Å²) in [5.41, 5.74) is 0.679. The summed E-state index contributed by atoms with van der Waals surface area (Å²) >= 11 is 1.33. The Bertz CT molecular complexity index is 560. The van der Waals surface area contributed by atoms with Crippen molar-refractivity contribution in [1.29, 1.82) is 0 Å². The molecule has 0 saturated heterocycles. The van der Waals surface area contributed by atoms with Gasteiger partial charge in [-0.05, 0) is 33.6 Å². The number of aryl methyl sites for hydroxylation is 1. The third-order valence-corrected chi connectivity index (χ3v) is 4.53. The molecule has 24 heavy (non-hydrogen) atoms. The number of hydrogen-bond acceptors (Lipinski definition) is 6. The van der Waals surface area contributed by atoms with E-state index in [1.54, 1.807) is 13.8 Å². The Hall–Kier alpha value is -1.67. The van der Waals surface area contributed by atoms with Gasteiger partial charge in [0, 0.05) is 19.7 Å². The monoisotopic (exact) mass is 356 g/mol. The van der Waals surface area contributed by atoms with Gasteiger partial charge in [-0.1, -0.05) is 6.92 Å². The van der Waals surface area contributed by atoms with E-state index in [2.05, 4.69) is 20.6 Å². The Morgan fingerprint density at radius 3 is 2.71 bits per heavy atom. The van der Waals surface area contributed by atoms with E-state index in [1.165, 1.54) is 11.3 Å². The van der Waals surface area contributed by atoms with Gasteiger partial charge in [-0.25, -0.2) is 9.78 Å². The predicted octanol–water partition coefficient (Wildman–Crippen LogP) is 1.87. The number of aliphatic imine (C=N–C) groups is 1. The molecule has 0 fully saturated rings. The van der Waals surface area contributed by atoms with Crippen molar-refractivity contribution in [1.82, 2.24) is 15.6 Å². The highest BCUT2D eigenvalue weighted by atomic mass is 32.1. The number of nitrogens with zero attached hydrogens (tertiary/aromatic N) is 2. The van der Waals surface area contributed by atoms with Gasteiger partial charge in [-0.2, -0.15) is 0 Å². The highest BCUT2D eigenvalue weighted by molar-refractivity contribution is 7.13. The van der Waals surface area contributed by atoms with Crippen LogP contribution in [0.2, 0.25) is 0 Å². The third kappa shape index (κ3) is 6.09. The van der Waals surface area contributed by atoms with Crippen molar-refractivity contribution in [2.75, 3.05) is 26.3 Å². The third-order valence-electron chi connectivity index (χ3n) is 3.21. The zero-order valence-electron chi connectivity index (χ0n) is 15.0. The van der Waals surface area contributed by atoms with E-state index in [9.17, 15) is 4.79 Å². The highest BCUT2D eigenvalue weighted by Crippen LogP contribution is 2.24. The van der Waals surface area contributed by atoms with Crippen LogP contribution in [0, 0.1) is 12.8 Å². The van der Waals surface area contributed by atoms with Crippen molar-refractivity contribution in [2.45, 2.75) is 40.7 Å². The number of esters is 1. The lowest BCUT2D eigenvalue weighted by molar-refractivity contribution is 0.0531. The van der Waals surface area contributed by atoms with Crippen LogP contribution in [0.15, 0.2) is 4.99 Å². The van der Waals surface area contributed by atoms with E-state index >= 15 is 0 Å². The molecule has 0 amide bonds. The fourth-order valence-electron chi connectivity index (χ4n) is 1.88. The van der Waals surface area contributed by atoms with Gasteiger partial charge in [-0.3, -0.25) is 4.99 Å². The molecule has 0 aliphatic heterocycles. The van der Waals surface area contributed by atoms with Gasteiger partial charge in [0.1, 0.15) is 9.88 Å². The maximum Gasteiger partial charge on any atom is 0.350 e. The van der Waals surface area contributed by atoms with Crippen molar-refractivity contribution >= 4 is 23.3 Å². The van der Waals surface area contributed by atoms with Gasteiger partial charge in [0.25, 0.3) is 0 Å². The molecule has 1 aromatic rings. The van der Waals surface area contributed by atoms with E-state index in [-0.39, 0.29) is 24.5 Å². The van der Waals surface area contributed by atoms with Crippen molar-refractivity contribution in [3.63, 3.8) is 0 Å². The van der Waals surface area contributed by atoms with E-state index in [4.69, 9.17) is 9.84 Å². The normalized spacial score (nSPS) is 14.2. The van der Waals surface area contributed by atoms with Crippen LogP contribution >= 0.6 is 11.3 Å². The van der Waals surface area contributed by atoms with E-state index in [0.717, 1.165) is 11.6 Å². The Morgan fingerprint density at radius 1 is 1.42 bits per heavy atom. The molecule has 2 atom stereocenters. The van der Waals surface area contributed by atoms with Gasteiger partial charge in [-0.15, -0.1) is 11.3 Å². The average Bonchev–Trinajstić information content (AvgIpc) is 2.94. The minimum absolute atomic E-state index is 0.0980. The lowest BCUT2D eigenvalue weighted by Gasteiger charge is -2.16. The number of aromatic nitrogens is 1. The van der Waals surface area contributed by atoms with Gasteiger partial charge in [0.15, 0.2) is 5.96 Å². The molecule has 0 aromatic carbocycles. The predicted molar refractivity (Wildman–Crippen MR) is 96.6 cm³/mol. The van der Waals surface area contributed by atoms with Crippen LogP contribution < -0.4 is 10.6 Å². The maximum absolute atomic E-state index is 11.9. The standard InChI is InChI=1S/C16H28N4O3S/c1-6-17-16(18-8-10(3)9-21)20-12(5)14-19-11(4)13(24-14)15(22)23-7-2/h10,12,21H,6-9H2,1-5H3,(H2,17,18,20). The lowest BCUT2D eigenvalue weighted by Crippen LogP contribution is -2.39. The molecule has 0 spiro atoms. The van der Waals surface area contributed by atoms with Crippen molar-refractivity contribution in [3.8, 4) is 0 Å². The summed E-state index contributed by atoms with van der Waals surface area (Å²) in [7, 11) is 0. The smallest absolute Gasteiger partial charge is 0.350 e. The van der Waals surface area contributed by atoms with E-state index in [1.807, 2.05) is 20.8 Å². The first-order valence-corrected chi connectivity index (χ1v) is 9.04. The number of carbonyl (C=O) groups excluding carboxylic acids is 1. The summed E-state index contributed by atoms with van der Waals surface area (Å²) in [5, 5.41) is 16.4. The summed E-state index contributed by atoms with van der Waals surface area (Å²) in [4.78, 5) is 21.4. The van der Waals surface area contributed by atoms with Gasteiger partial charge >= 0.3 is 5.97 Å². The lowest BCUT2D eigenvalue weighted by atomic mass is 10.2. The molecule has 1 rings (SSSR count). The van der Waals surface area contributed by atoms with Crippen LogP contribution in [0.1, 0.15) is 54.1 Å². The molecular formula is C16H28N4O3S. The Morgan fingerprint density at radius 2 is 2.12 bits per heavy atom. The molecule has 0 bridgehead atoms. The highest BCUT2D eigenvalue weighted by Gasteiger charge is 2.20. The van der Waals surface area contributed by atoms with Crippen LogP contribution in [0.4, 0.5) is 0 Å². The number of aliphatic hydroxyl groups excluding tert-OH is 1. The quantitative estimate of drug-likeness (QED) is 0.374. The first-order chi connectivity index (χ1) is 11.4. The number of aliphatic hydroxyl groups is 1. The number of thiazole rings is 1. The average molecular weight is 356 g/mol. The number of guanidine groups is 1. The molecule has 0 saturated carbocycles. The summed E-state index contributed by atoms with van der Waals surface area (Å²) in [5.74, 6) is 0.437. The fourth-order valence-corrected chi connectivity index (χ4v) is 2.84. The molecule has 0 aliphatic carbocycles. The molecular weight excluding hydrogens is 328 g/mol. The summed E-state index contributed by atoms with van der Waals surface area (Å²) in [6.07, 6.45) is 0. The largest absolute Gasteiger partial charge is 0.462 e. The second kappa shape index (κ2) is 10.2. The molecule has 1 heterocycles. The molecule has 8 heteroatoms. The van der Waals surface area contributed by atoms with E-state index < -0.39 is 0 Å². The first-order valence-electron chi connectivity index (χ1n) is 8.22. The zero-order valence-corrected chi connectivity index (χ0v) is 15.9. The number of ether oxygens (including phenoxy) is 1. The number of carbonyl (C=O) groups is 1. The van der Waals surface area contributed by atoms with Crippen molar-refractivity contribution < 1.29 is 14.6 Å². The zero-order chi connectivity index (χ0) is 18.1. The molecule has 0 radical (unpaired) electrons. The SMILES string of the molecule is CCNC(=NCC(C)CO)NC(C)c1nc(C)c(C(=O)OCC)s1. The van der Waals surface area contributed by atoms with E-state index in [0.29, 0.717) is 29.7 Å². The molecule has 0 aliphatic rings. The maximum atomic E-state index is 11.9. The minimum atomic E-state index is -0.330. The molecule has 2 unspecified atom stereocenters. The van der Waals surface area contributed by atoms with Gasteiger partial charge in [0.2, 0.25) is 0 Å². The van der Waals surface area contributed by atoms with Crippen molar-refractivity contribution in [2.24, 2.45) is 10.9 Å². The van der Waals surface area contributed by atoms with Crippen LogP contribution in [0.5, 0.6) is 0 Å². The topological polar surface area (TPSA) is 95.8 Å². The molecule has 3 N–H and O–H groups in total. The van der Waals surface area contributed by atoms with Crippen LogP contribution in [0.3, 0.4) is 0 Å². The van der Waals surface area contributed by atoms with Crippen LogP contribution in [-0.2, 0) is 4.74 Å². The number of hydrogen-bond donors (Lipinski definition) is 3. The summed E-state index contributed by atoms with van der Waals surface area (Å²) in [6.45, 7) is 11.2. The molecule has 7 nitrogen and oxygen atoms in total. The summed E-state index contributed by atoms with van der Waals surface area (Å²) < 4.78 is 5.05. The second-order valence-electron chi connectivity index (χ2n) is 5.56. The first kappa shape index (κ1) is 20.4. The van der Waals surface area contributed by atoms with Crippen LogP contribution in [0.25, 0.3) is 0 Å². The second-order valence-corrected chi connectivity index (χ2v) is 6.59. The van der Waals surface area contributed by atoms with Crippen molar-refractivity contribution in [3.05, 3.63) is 15.6 Å². The van der Waals surface area contributed by atoms with Gasteiger partial charge in [0.05, 0.1) is 18.3 Å². The van der Waals surface area contributed by atoms with Crippen LogP contribution in [-0.4, -0.2) is 48.3 Å². The number of nitrogens with one attached hydrogen (secondary N) is 2. The fraction of sp³-hybridized carbons (Fsp3) is 0.688. The van der Waals surface area contributed by atoms with Gasteiger partial charge < -0.3 is 20.5 Å². The number of rotatable bonds is 8.